The molecule has 1 N–H and O–H groups in total. The second-order valence-electron chi connectivity index (χ2n) is 4.65. The zero-order chi connectivity index (χ0) is 13.2. The quantitative estimate of drug-likeness (QED) is 0.897. The van der Waals surface area contributed by atoms with Crippen molar-refractivity contribution >= 4 is 22.9 Å². The summed E-state index contributed by atoms with van der Waals surface area (Å²) < 4.78 is 14.2. The van der Waals surface area contributed by atoms with Gasteiger partial charge in [-0.25, -0.2) is 4.39 Å². The number of hydrogen-bond donors (Lipinski definition) is 1. The van der Waals surface area contributed by atoms with E-state index in [4.69, 9.17) is 11.6 Å². The highest BCUT2D eigenvalue weighted by Crippen LogP contribution is 2.27. The van der Waals surface area contributed by atoms with Gasteiger partial charge in [-0.3, -0.25) is 0 Å². The maximum Gasteiger partial charge on any atom is 0.126 e. The van der Waals surface area contributed by atoms with Gasteiger partial charge in [-0.15, -0.1) is 11.3 Å². The van der Waals surface area contributed by atoms with Gasteiger partial charge in [0, 0.05) is 17.7 Å². The first-order valence-corrected chi connectivity index (χ1v) is 6.86. The van der Waals surface area contributed by atoms with Gasteiger partial charge in [0.1, 0.15) is 5.82 Å². The van der Waals surface area contributed by atoms with Crippen LogP contribution in [0.3, 0.4) is 0 Å². The molecule has 0 amide bonds. The highest BCUT2D eigenvalue weighted by atomic mass is 35.5. The van der Waals surface area contributed by atoms with Crippen LogP contribution in [0, 0.1) is 5.82 Å². The topological polar surface area (TPSA) is 20.2 Å². The fourth-order valence-electron chi connectivity index (χ4n) is 1.94. The van der Waals surface area contributed by atoms with Crippen molar-refractivity contribution in [2.24, 2.45) is 0 Å². The summed E-state index contributed by atoms with van der Waals surface area (Å²) in [6.45, 7) is 1.72. The lowest BCUT2D eigenvalue weighted by Crippen LogP contribution is -2.30. The van der Waals surface area contributed by atoms with Gasteiger partial charge in [0.05, 0.1) is 9.94 Å². The maximum absolute atomic E-state index is 13.5. The zero-order valence-electron chi connectivity index (χ0n) is 9.99. The molecule has 0 aliphatic heterocycles. The molecule has 2 rings (SSSR count). The van der Waals surface area contributed by atoms with Crippen LogP contribution < -0.4 is 0 Å². The third-order valence-electron chi connectivity index (χ3n) is 2.71. The molecule has 0 saturated heterocycles. The first-order chi connectivity index (χ1) is 8.46. The Bertz CT molecular complexity index is 536. The van der Waals surface area contributed by atoms with E-state index in [1.165, 1.54) is 17.4 Å². The Kier molecular flexibility index (Phi) is 4.05. The minimum Gasteiger partial charge on any atom is -0.389 e. The van der Waals surface area contributed by atoms with Crippen LogP contribution in [0.1, 0.15) is 17.4 Å². The minimum absolute atomic E-state index is 0.276. The molecule has 1 atom stereocenters. The number of aliphatic hydroxyl groups is 1. The van der Waals surface area contributed by atoms with Gasteiger partial charge in [-0.05, 0) is 30.7 Å². The number of hydrogen-bond acceptors (Lipinski definition) is 2. The first-order valence-electron chi connectivity index (χ1n) is 5.66. The van der Waals surface area contributed by atoms with Crippen LogP contribution in [0.25, 0.3) is 0 Å². The lowest BCUT2D eigenvalue weighted by Gasteiger charge is -2.23. The van der Waals surface area contributed by atoms with Gasteiger partial charge < -0.3 is 5.11 Å². The van der Waals surface area contributed by atoms with E-state index >= 15 is 0 Å². The molecule has 96 valence electrons. The Labute approximate surface area is 115 Å². The molecule has 18 heavy (non-hydrogen) atoms. The van der Waals surface area contributed by atoms with Crippen molar-refractivity contribution in [3.8, 4) is 0 Å². The number of rotatable bonds is 4. The van der Waals surface area contributed by atoms with E-state index < -0.39 is 5.60 Å². The van der Waals surface area contributed by atoms with Crippen LogP contribution in [0.4, 0.5) is 4.39 Å². The normalized spacial score (nSPS) is 14.4. The van der Waals surface area contributed by atoms with Crippen molar-refractivity contribution < 1.29 is 9.50 Å². The fourth-order valence-corrected chi connectivity index (χ4v) is 3.20. The smallest absolute Gasteiger partial charge is 0.126 e. The van der Waals surface area contributed by atoms with E-state index in [1.807, 2.05) is 6.07 Å². The lowest BCUT2D eigenvalue weighted by atomic mass is 9.92. The van der Waals surface area contributed by atoms with Crippen LogP contribution in [-0.4, -0.2) is 10.7 Å². The average Bonchev–Trinajstić information content (AvgIpc) is 2.66. The van der Waals surface area contributed by atoms with Gasteiger partial charge >= 0.3 is 0 Å². The largest absolute Gasteiger partial charge is 0.389 e. The van der Waals surface area contributed by atoms with Crippen LogP contribution in [-0.2, 0) is 12.8 Å². The van der Waals surface area contributed by atoms with Crippen molar-refractivity contribution in [2.75, 3.05) is 0 Å². The van der Waals surface area contributed by atoms with Gasteiger partial charge in [-0.1, -0.05) is 29.8 Å². The molecule has 0 radical (unpaired) electrons. The molecule has 1 aromatic carbocycles. The highest BCUT2D eigenvalue weighted by molar-refractivity contribution is 7.16. The molecule has 1 unspecified atom stereocenters. The number of thiophene rings is 1. The van der Waals surface area contributed by atoms with Crippen LogP contribution in [0.15, 0.2) is 36.4 Å². The third-order valence-corrected chi connectivity index (χ3v) is 3.94. The average molecular weight is 285 g/mol. The molecular formula is C14H14ClFOS. The molecule has 0 spiro atoms. The molecule has 0 aliphatic carbocycles. The van der Waals surface area contributed by atoms with Crippen molar-refractivity contribution in [2.45, 2.75) is 25.4 Å². The van der Waals surface area contributed by atoms with Gasteiger partial charge in [0.2, 0.25) is 0 Å². The Balaban J connectivity index is 2.10. The number of halogens is 2. The summed E-state index contributed by atoms with van der Waals surface area (Å²) in [5.41, 5.74) is -0.443. The Hall–Kier alpha value is -0.900. The van der Waals surface area contributed by atoms with Crippen LogP contribution in [0.2, 0.25) is 4.34 Å². The van der Waals surface area contributed by atoms with Crippen molar-refractivity contribution in [3.05, 3.63) is 57.0 Å². The predicted octanol–water partition coefficient (Wildman–Crippen LogP) is 4.08. The zero-order valence-corrected chi connectivity index (χ0v) is 11.6. The van der Waals surface area contributed by atoms with E-state index in [2.05, 4.69) is 0 Å². The number of benzene rings is 1. The first kappa shape index (κ1) is 13.5. The monoisotopic (exact) mass is 284 g/mol. The molecular weight excluding hydrogens is 271 g/mol. The molecule has 1 aromatic heterocycles. The van der Waals surface area contributed by atoms with Gasteiger partial charge in [-0.2, -0.15) is 0 Å². The molecule has 2 aromatic rings. The summed E-state index contributed by atoms with van der Waals surface area (Å²) in [5, 5.41) is 10.4. The second kappa shape index (κ2) is 5.39. The fraction of sp³-hybridized carbons (Fsp3) is 0.286. The van der Waals surface area contributed by atoms with Crippen molar-refractivity contribution in [1.82, 2.24) is 0 Å². The van der Waals surface area contributed by atoms with Crippen molar-refractivity contribution in [1.29, 1.82) is 0 Å². The maximum atomic E-state index is 13.5. The van der Waals surface area contributed by atoms with E-state index in [0.717, 1.165) is 4.88 Å². The second-order valence-corrected chi connectivity index (χ2v) is 6.45. The SMILES string of the molecule is CC(O)(Cc1ccc(Cl)s1)Cc1ccccc1F. The summed E-state index contributed by atoms with van der Waals surface area (Å²) in [6, 6.07) is 10.2. The highest BCUT2D eigenvalue weighted by Gasteiger charge is 2.23. The minimum atomic E-state index is -0.976. The molecule has 4 heteroatoms. The van der Waals surface area contributed by atoms with E-state index in [1.54, 1.807) is 31.2 Å². The Morgan fingerprint density at radius 3 is 2.56 bits per heavy atom. The van der Waals surface area contributed by atoms with Gasteiger partial charge in [0.15, 0.2) is 0 Å². The summed E-state index contributed by atoms with van der Waals surface area (Å²) in [7, 11) is 0. The molecule has 1 nitrogen and oxygen atoms in total. The van der Waals surface area contributed by atoms with Crippen molar-refractivity contribution in [3.63, 3.8) is 0 Å². The summed E-state index contributed by atoms with van der Waals surface area (Å²) in [4.78, 5) is 1.00. The lowest BCUT2D eigenvalue weighted by molar-refractivity contribution is 0.0607. The Morgan fingerprint density at radius 2 is 1.94 bits per heavy atom. The molecule has 0 bridgehead atoms. The molecule has 0 aliphatic rings. The summed E-state index contributed by atoms with van der Waals surface area (Å²) in [5.74, 6) is -0.276. The van der Waals surface area contributed by atoms with Crippen LogP contribution >= 0.6 is 22.9 Å². The van der Waals surface area contributed by atoms with E-state index in [9.17, 15) is 9.50 Å². The summed E-state index contributed by atoms with van der Waals surface area (Å²) in [6.07, 6.45) is 0.758. The standard InChI is InChI=1S/C14H14ClFOS/c1-14(17,9-11-6-7-13(15)18-11)8-10-4-2-3-5-12(10)16/h2-7,17H,8-9H2,1H3. The predicted molar refractivity (Wildman–Crippen MR) is 73.8 cm³/mol. The van der Waals surface area contributed by atoms with E-state index in [0.29, 0.717) is 16.3 Å². The molecule has 1 heterocycles. The molecule has 0 fully saturated rings. The van der Waals surface area contributed by atoms with E-state index in [-0.39, 0.29) is 12.2 Å². The third kappa shape index (κ3) is 3.55. The summed E-state index contributed by atoms with van der Waals surface area (Å²) >= 11 is 7.29. The van der Waals surface area contributed by atoms with Crippen LogP contribution in [0.5, 0.6) is 0 Å². The Morgan fingerprint density at radius 1 is 1.22 bits per heavy atom. The van der Waals surface area contributed by atoms with Gasteiger partial charge in [0.25, 0.3) is 0 Å². The molecule has 0 saturated carbocycles.